The molecule has 2 N–H and O–H groups in total. The summed E-state index contributed by atoms with van der Waals surface area (Å²) >= 11 is 0. The van der Waals surface area contributed by atoms with Gasteiger partial charge < -0.3 is 15.4 Å². The van der Waals surface area contributed by atoms with E-state index in [2.05, 4.69) is 17.2 Å². The lowest BCUT2D eigenvalue weighted by Crippen LogP contribution is -2.35. The Morgan fingerprint density at radius 3 is 2.58 bits per heavy atom. The summed E-state index contributed by atoms with van der Waals surface area (Å²) in [5.41, 5.74) is 1.07. The van der Waals surface area contributed by atoms with Gasteiger partial charge in [0, 0.05) is 25.9 Å². The van der Waals surface area contributed by atoms with Crippen molar-refractivity contribution >= 4 is 22.8 Å². The average Bonchev–Trinajstić information content (AvgIpc) is 2.59. The van der Waals surface area contributed by atoms with Crippen LogP contribution in [0.2, 0.25) is 0 Å². The Hall–Kier alpha value is -2.82. The number of carbonyl (C=O) groups excluding carboxylic acids is 2. The second-order valence-corrected chi connectivity index (χ2v) is 5.47. The third kappa shape index (κ3) is 4.84. The molecule has 2 amide bonds. The lowest BCUT2D eigenvalue weighted by Gasteiger charge is -2.20. The predicted octanol–water partition coefficient (Wildman–Crippen LogP) is 2.97. The third-order valence-corrected chi connectivity index (χ3v) is 3.69. The fraction of sp³-hybridized carbons (Fsp3) is 0.263. The molecule has 0 spiro atoms. The van der Waals surface area contributed by atoms with Crippen molar-refractivity contribution in [1.82, 2.24) is 10.6 Å². The molecule has 0 heterocycles. The monoisotopic (exact) mass is 326 g/mol. The number of nitrogens with one attached hydrogen (secondary N) is 2. The summed E-state index contributed by atoms with van der Waals surface area (Å²) < 4.78 is 4.94. The summed E-state index contributed by atoms with van der Waals surface area (Å²) in [6, 6.07) is 14.1. The molecule has 1 atom stereocenters. The van der Waals surface area contributed by atoms with Gasteiger partial charge in [0.25, 0.3) is 0 Å². The van der Waals surface area contributed by atoms with Gasteiger partial charge in [-0.15, -0.1) is 0 Å². The van der Waals surface area contributed by atoms with Crippen LogP contribution in [0, 0.1) is 0 Å². The number of amides is 2. The van der Waals surface area contributed by atoms with E-state index in [0.29, 0.717) is 13.1 Å². The Morgan fingerprint density at radius 1 is 1.12 bits per heavy atom. The predicted molar refractivity (Wildman–Crippen MR) is 94.9 cm³/mol. The number of hydrogen-bond donors (Lipinski definition) is 2. The lowest BCUT2D eigenvalue weighted by molar-refractivity contribution is -0.119. The van der Waals surface area contributed by atoms with E-state index < -0.39 is 6.09 Å². The van der Waals surface area contributed by atoms with Crippen molar-refractivity contribution < 1.29 is 14.3 Å². The maximum Gasteiger partial charge on any atom is 0.407 e. The molecule has 0 aromatic heterocycles. The minimum absolute atomic E-state index is 0.0590. The molecule has 0 aliphatic heterocycles. The van der Waals surface area contributed by atoms with E-state index in [-0.39, 0.29) is 18.4 Å². The van der Waals surface area contributed by atoms with Crippen LogP contribution in [0.3, 0.4) is 0 Å². The van der Waals surface area contributed by atoms with Gasteiger partial charge in [-0.1, -0.05) is 55.1 Å². The van der Waals surface area contributed by atoms with E-state index in [4.69, 9.17) is 4.74 Å². The number of alkyl carbamates (subject to hydrolysis) is 1. The summed E-state index contributed by atoms with van der Waals surface area (Å²) in [4.78, 5) is 23.0. The van der Waals surface area contributed by atoms with Gasteiger partial charge in [-0.3, -0.25) is 4.79 Å². The molecule has 2 aromatic carbocycles. The molecule has 5 heteroatoms. The molecule has 0 aliphatic carbocycles. The van der Waals surface area contributed by atoms with Crippen LogP contribution in [0.25, 0.3) is 10.8 Å². The van der Waals surface area contributed by atoms with E-state index in [1.807, 2.05) is 42.5 Å². The Bertz CT molecular complexity index is 722. The maximum atomic E-state index is 11.7. The minimum Gasteiger partial charge on any atom is -0.445 e. The van der Waals surface area contributed by atoms with Gasteiger partial charge in [0.15, 0.2) is 0 Å². The Balaban J connectivity index is 2.19. The van der Waals surface area contributed by atoms with Crippen molar-refractivity contribution in [3.05, 3.63) is 60.7 Å². The molecule has 2 rings (SSSR count). The van der Waals surface area contributed by atoms with Crippen LogP contribution < -0.4 is 10.6 Å². The van der Waals surface area contributed by atoms with E-state index in [9.17, 15) is 9.59 Å². The van der Waals surface area contributed by atoms with Crippen LogP contribution in [0.5, 0.6) is 0 Å². The smallest absolute Gasteiger partial charge is 0.407 e. The van der Waals surface area contributed by atoms with Crippen LogP contribution in [-0.2, 0) is 9.53 Å². The fourth-order valence-electron chi connectivity index (χ4n) is 2.56. The van der Waals surface area contributed by atoms with Gasteiger partial charge in [-0.2, -0.15) is 0 Å². The number of fused-ring (bicyclic) bond motifs is 1. The second kappa shape index (κ2) is 8.72. The van der Waals surface area contributed by atoms with Gasteiger partial charge in [-0.25, -0.2) is 4.79 Å². The van der Waals surface area contributed by atoms with Gasteiger partial charge in [0.2, 0.25) is 5.91 Å². The first-order chi connectivity index (χ1) is 11.6. The van der Waals surface area contributed by atoms with Gasteiger partial charge in [0.1, 0.15) is 6.61 Å². The summed E-state index contributed by atoms with van der Waals surface area (Å²) in [5.74, 6) is -0.161. The number of rotatable bonds is 7. The molecule has 0 aliphatic rings. The molecule has 0 saturated carbocycles. The summed E-state index contributed by atoms with van der Waals surface area (Å²) in [6.45, 7) is 5.95. The molecule has 0 fully saturated rings. The SMILES string of the molecule is C=CCOC(=O)NC[C@@H](CNC(C)=O)c1cccc2ccccc12. The number of ether oxygens (including phenoxy) is 1. The minimum atomic E-state index is -0.497. The van der Waals surface area contributed by atoms with Crippen molar-refractivity contribution in [2.75, 3.05) is 19.7 Å². The average molecular weight is 326 g/mol. The van der Waals surface area contributed by atoms with Crippen LogP contribution in [0.4, 0.5) is 4.79 Å². The lowest BCUT2D eigenvalue weighted by atomic mass is 9.93. The zero-order valence-electron chi connectivity index (χ0n) is 13.7. The molecule has 0 bridgehead atoms. The van der Waals surface area contributed by atoms with E-state index >= 15 is 0 Å². The number of benzene rings is 2. The normalized spacial score (nSPS) is 11.5. The van der Waals surface area contributed by atoms with E-state index in [1.165, 1.54) is 13.0 Å². The van der Waals surface area contributed by atoms with Crippen molar-refractivity contribution in [2.45, 2.75) is 12.8 Å². The number of hydrogen-bond acceptors (Lipinski definition) is 3. The van der Waals surface area contributed by atoms with Crippen LogP contribution in [0.1, 0.15) is 18.4 Å². The molecule has 2 aromatic rings. The van der Waals surface area contributed by atoms with Crippen molar-refractivity contribution in [1.29, 1.82) is 0 Å². The Labute approximate surface area is 141 Å². The number of carbonyl (C=O) groups is 2. The van der Waals surface area contributed by atoms with E-state index in [1.54, 1.807) is 0 Å². The summed E-state index contributed by atoms with van der Waals surface area (Å²) in [6.07, 6.45) is 1.02. The van der Waals surface area contributed by atoms with Gasteiger partial charge in [-0.05, 0) is 16.3 Å². The molecule has 126 valence electrons. The molecule has 24 heavy (non-hydrogen) atoms. The first kappa shape index (κ1) is 17.5. The highest BCUT2D eigenvalue weighted by atomic mass is 16.5. The zero-order chi connectivity index (χ0) is 17.4. The standard InChI is InChI=1S/C19H22N2O3/c1-3-11-24-19(23)21-13-16(12-20-14(2)22)18-10-6-8-15-7-4-5-9-17(15)18/h3-10,16H,1,11-13H2,2H3,(H,20,22)(H,21,23)/t16-/m1/s1. The molecule has 0 saturated heterocycles. The van der Waals surface area contributed by atoms with Crippen molar-refractivity contribution in [3.8, 4) is 0 Å². The van der Waals surface area contributed by atoms with Crippen molar-refractivity contribution in [2.24, 2.45) is 0 Å². The summed E-state index contributed by atoms with van der Waals surface area (Å²) in [7, 11) is 0. The van der Waals surface area contributed by atoms with Crippen molar-refractivity contribution in [3.63, 3.8) is 0 Å². The molecule has 5 nitrogen and oxygen atoms in total. The van der Waals surface area contributed by atoms with Gasteiger partial charge >= 0.3 is 6.09 Å². The zero-order valence-corrected chi connectivity index (χ0v) is 13.7. The van der Waals surface area contributed by atoms with Crippen LogP contribution in [-0.4, -0.2) is 31.7 Å². The molecular formula is C19H22N2O3. The molecule has 0 radical (unpaired) electrons. The first-order valence-electron chi connectivity index (χ1n) is 7.85. The first-order valence-corrected chi connectivity index (χ1v) is 7.85. The molecular weight excluding hydrogens is 304 g/mol. The fourth-order valence-corrected chi connectivity index (χ4v) is 2.56. The summed E-state index contributed by atoms with van der Waals surface area (Å²) in [5, 5.41) is 7.80. The second-order valence-electron chi connectivity index (χ2n) is 5.47. The highest BCUT2D eigenvalue weighted by Crippen LogP contribution is 2.25. The van der Waals surface area contributed by atoms with E-state index in [0.717, 1.165) is 16.3 Å². The highest BCUT2D eigenvalue weighted by Gasteiger charge is 2.16. The largest absolute Gasteiger partial charge is 0.445 e. The van der Waals surface area contributed by atoms with Gasteiger partial charge in [0.05, 0.1) is 0 Å². The maximum absolute atomic E-state index is 11.7. The third-order valence-electron chi connectivity index (χ3n) is 3.69. The quantitative estimate of drug-likeness (QED) is 0.769. The highest BCUT2D eigenvalue weighted by molar-refractivity contribution is 5.86. The Kier molecular flexibility index (Phi) is 6.37. The topological polar surface area (TPSA) is 67.4 Å². The Morgan fingerprint density at radius 2 is 1.83 bits per heavy atom. The molecule has 0 unspecified atom stereocenters. The van der Waals surface area contributed by atoms with Crippen LogP contribution >= 0.6 is 0 Å². The van der Waals surface area contributed by atoms with Crippen LogP contribution in [0.15, 0.2) is 55.1 Å².